The first-order valence-electron chi connectivity index (χ1n) is 8.62. The molecule has 1 heterocycles. The third kappa shape index (κ3) is 3.10. The van der Waals surface area contributed by atoms with Gasteiger partial charge in [-0.15, -0.1) is 0 Å². The molecule has 8 heteroatoms. The first-order chi connectivity index (χ1) is 13.9. The highest BCUT2D eigenvalue weighted by Crippen LogP contribution is 2.37. The van der Waals surface area contributed by atoms with Crippen molar-refractivity contribution in [1.29, 1.82) is 0 Å². The van der Waals surface area contributed by atoms with E-state index in [-0.39, 0.29) is 12.1 Å². The van der Waals surface area contributed by atoms with Crippen molar-refractivity contribution in [3.63, 3.8) is 0 Å². The van der Waals surface area contributed by atoms with Gasteiger partial charge in [-0.1, -0.05) is 48.5 Å². The minimum absolute atomic E-state index is 0.0709. The van der Waals surface area contributed by atoms with Crippen molar-refractivity contribution in [3.8, 4) is 0 Å². The zero-order chi connectivity index (χ0) is 20.7. The largest absolute Gasteiger partial charge is 0.356 e. The maximum Gasteiger partial charge on any atom is 0.256 e. The highest BCUT2D eigenvalue weighted by Gasteiger charge is 2.38. The lowest BCUT2D eigenvalue weighted by Gasteiger charge is -2.27. The number of anilines is 1. The smallest absolute Gasteiger partial charge is 0.256 e. The number of benzene rings is 3. The number of nitrogens with zero attached hydrogens (tertiary/aromatic N) is 1. The minimum Gasteiger partial charge on any atom is -0.356 e. The Labute approximate surface area is 162 Å². The minimum atomic E-state index is -2.24. The monoisotopic (exact) mass is 404 g/mol. The van der Waals surface area contributed by atoms with E-state index < -0.39 is 46.8 Å². The van der Waals surface area contributed by atoms with Crippen molar-refractivity contribution >= 4 is 11.6 Å². The first kappa shape index (κ1) is 18.9. The topological polar surface area (TPSA) is 32.3 Å². The summed E-state index contributed by atoms with van der Waals surface area (Å²) in [5, 5.41) is 2.35. The van der Waals surface area contributed by atoms with Crippen LogP contribution in [0.25, 0.3) is 0 Å². The maximum atomic E-state index is 14.2. The molecule has 0 spiro atoms. The maximum absolute atomic E-state index is 14.2. The summed E-state index contributed by atoms with van der Waals surface area (Å²) in [6.45, 7) is 0.0709. The Hall–Kier alpha value is -3.42. The second kappa shape index (κ2) is 7.20. The third-order valence-corrected chi connectivity index (χ3v) is 4.74. The van der Waals surface area contributed by atoms with Crippen LogP contribution in [0.15, 0.2) is 54.6 Å². The molecule has 0 fully saturated rings. The van der Waals surface area contributed by atoms with E-state index in [0.717, 1.165) is 5.56 Å². The van der Waals surface area contributed by atoms with Gasteiger partial charge in [0.25, 0.3) is 5.91 Å². The Morgan fingerprint density at radius 2 is 1.31 bits per heavy atom. The van der Waals surface area contributed by atoms with Gasteiger partial charge in [-0.05, 0) is 11.6 Å². The van der Waals surface area contributed by atoms with Gasteiger partial charge < -0.3 is 10.2 Å². The molecule has 3 aromatic rings. The average molecular weight is 404 g/mol. The molecule has 0 bridgehead atoms. The number of hydrogen-bond acceptors (Lipinski definition) is 2. The number of nitrogens with one attached hydrogen (secondary N) is 1. The Balaban J connectivity index is 1.79. The van der Waals surface area contributed by atoms with Gasteiger partial charge in [-0.2, -0.15) is 0 Å². The van der Waals surface area contributed by atoms with Crippen LogP contribution in [0.1, 0.15) is 27.7 Å². The van der Waals surface area contributed by atoms with E-state index in [2.05, 4.69) is 5.32 Å². The molecule has 1 amide bonds. The van der Waals surface area contributed by atoms with Gasteiger partial charge >= 0.3 is 0 Å². The quantitative estimate of drug-likeness (QED) is 0.371. The molecule has 3 aromatic carbocycles. The predicted octanol–water partition coefficient (Wildman–Crippen LogP) is 5.15. The molecule has 0 radical (unpaired) electrons. The summed E-state index contributed by atoms with van der Waals surface area (Å²) in [7, 11) is 0. The summed E-state index contributed by atoms with van der Waals surface area (Å²) in [4.78, 5) is 14.1. The number of amides is 1. The average Bonchev–Trinajstić information content (AvgIpc) is 3.00. The standard InChI is InChI=1S/C21H13F5N2O/c22-14-15(23)17(25)19(18(26)16(14)24)27-20-12-8-4-5-9-13(12)21(29)28(20)10-11-6-2-1-3-7-11/h1-9,20,27H,10H2. The van der Waals surface area contributed by atoms with Crippen molar-refractivity contribution in [2.24, 2.45) is 0 Å². The molecule has 148 valence electrons. The van der Waals surface area contributed by atoms with E-state index in [1.807, 2.05) is 0 Å². The van der Waals surface area contributed by atoms with E-state index in [0.29, 0.717) is 5.56 Å². The van der Waals surface area contributed by atoms with E-state index in [9.17, 15) is 26.7 Å². The lowest BCUT2D eigenvalue weighted by Crippen LogP contribution is -2.32. The van der Waals surface area contributed by atoms with Gasteiger partial charge in [0.1, 0.15) is 11.9 Å². The van der Waals surface area contributed by atoms with Crippen LogP contribution >= 0.6 is 0 Å². The summed E-state index contributed by atoms with van der Waals surface area (Å²) in [5.74, 6) is -10.8. The molecule has 1 atom stereocenters. The zero-order valence-corrected chi connectivity index (χ0v) is 14.7. The number of carbonyl (C=O) groups excluding carboxylic acids is 1. The summed E-state index contributed by atoms with van der Waals surface area (Å²) < 4.78 is 69.0. The fourth-order valence-electron chi connectivity index (χ4n) is 3.34. The molecule has 0 aliphatic carbocycles. The molecule has 1 aliphatic heterocycles. The fraction of sp³-hybridized carbons (Fsp3) is 0.0952. The predicted molar refractivity (Wildman–Crippen MR) is 95.4 cm³/mol. The van der Waals surface area contributed by atoms with Gasteiger partial charge in [-0.3, -0.25) is 4.79 Å². The SMILES string of the molecule is O=C1c2ccccc2C(Nc2c(F)c(F)c(F)c(F)c2F)N1Cc1ccccc1. The number of rotatable bonds is 4. The molecule has 1 aliphatic rings. The van der Waals surface area contributed by atoms with Crippen molar-refractivity contribution in [2.45, 2.75) is 12.7 Å². The normalized spacial score (nSPS) is 15.6. The van der Waals surface area contributed by atoms with Crippen molar-refractivity contribution in [1.82, 2.24) is 4.90 Å². The zero-order valence-electron chi connectivity index (χ0n) is 14.7. The van der Waals surface area contributed by atoms with Crippen LogP contribution in [-0.2, 0) is 6.54 Å². The van der Waals surface area contributed by atoms with Crippen LogP contribution in [0.3, 0.4) is 0 Å². The van der Waals surface area contributed by atoms with Crippen LogP contribution in [0.4, 0.5) is 27.6 Å². The Bertz CT molecular complexity index is 1070. The van der Waals surface area contributed by atoms with Gasteiger partial charge in [0.15, 0.2) is 23.3 Å². The first-order valence-corrected chi connectivity index (χ1v) is 8.62. The number of carbonyl (C=O) groups is 1. The molecule has 3 nitrogen and oxygen atoms in total. The van der Waals surface area contributed by atoms with Crippen molar-refractivity contribution < 1.29 is 26.7 Å². The van der Waals surface area contributed by atoms with E-state index in [4.69, 9.17) is 0 Å². The van der Waals surface area contributed by atoms with Crippen molar-refractivity contribution in [3.05, 3.63) is 100 Å². The van der Waals surface area contributed by atoms with E-state index in [1.54, 1.807) is 48.5 Å². The molecular formula is C21H13F5N2O. The Morgan fingerprint density at radius 1 is 0.759 bits per heavy atom. The highest BCUT2D eigenvalue weighted by molar-refractivity contribution is 5.99. The summed E-state index contributed by atoms with van der Waals surface area (Å²) in [6.07, 6.45) is -1.12. The fourth-order valence-corrected chi connectivity index (χ4v) is 3.34. The summed E-state index contributed by atoms with van der Waals surface area (Å²) >= 11 is 0. The molecule has 29 heavy (non-hydrogen) atoms. The van der Waals surface area contributed by atoms with E-state index in [1.165, 1.54) is 11.0 Å². The molecule has 1 N–H and O–H groups in total. The number of fused-ring (bicyclic) bond motifs is 1. The van der Waals surface area contributed by atoms with Gasteiger partial charge in [0.05, 0.1) is 0 Å². The lowest BCUT2D eigenvalue weighted by molar-refractivity contribution is 0.0728. The second-order valence-corrected chi connectivity index (χ2v) is 6.50. The van der Waals surface area contributed by atoms with Crippen LogP contribution in [0.2, 0.25) is 0 Å². The van der Waals surface area contributed by atoms with Gasteiger partial charge in [0, 0.05) is 17.7 Å². The summed E-state index contributed by atoms with van der Waals surface area (Å²) in [5.41, 5.74) is 0.203. The van der Waals surface area contributed by atoms with Crippen LogP contribution in [0, 0.1) is 29.1 Å². The van der Waals surface area contributed by atoms with Gasteiger partial charge in [-0.25, -0.2) is 22.0 Å². The second-order valence-electron chi connectivity index (χ2n) is 6.50. The number of hydrogen-bond donors (Lipinski definition) is 1. The van der Waals surface area contributed by atoms with Crippen LogP contribution in [-0.4, -0.2) is 10.8 Å². The van der Waals surface area contributed by atoms with Crippen molar-refractivity contribution in [2.75, 3.05) is 5.32 Å². The third-order valence-electron chi connectivity index (χ3n) is 4.74. The van der Waals surface area contributed by atoms with E-state index >= 15 is 0 Å². The molecule has 0 saturated heterocycles. The summed E-state index contributed by atoms with van der Waals surface area (Å²) in [6, 6.07) is 15.2. The Kier molecular flexibility index (Phi) is 4.70. The van der Waals surface area contributed by atoms with Crippen LogP contribution < -0.4 is 5.32 Å². The molecule has 1 unspecified atom stereocenters. The molecular weight excluding hydrogens is 391 g/mol. The number of halogens is 5. The molecule has 0 saturated carbocycles. The molecule has 4 rings (SSSR count). The van der Waals surface area contributed by atoms with Gasteiger partial charge in [0.2, 0.25) is 5.82 Å². The highest BCUT2D eigenvalue weighted by atomic mass is 19.2. The van der Waals surface area contributed by atoms with Crippen LogP contribution in [0.5, 0.6) is 0 Å². The lowest BCUT2D eigenvalue weighted by atomic mass is 10.1. The molecule has 0 aromatic heterocycles. The Morgan fingerprint density at radius 3 is 1.97 bits per heavy atom.